The second-order valence-electron chi connectivity index (χ2n) is 9.66. The van der Waals surface area contributed by atoms with E-state index in [0.717, 1.165) is 31.2 Å². The highest BCUT2D eigenvalue weighted by Gasteiger charge is 2.44. The van der Waals surface area contributed by atoms with Crippen molar-refractivity contribution in [2.24, 2.45) is 5.92 Å². The molecule has 5 atom stereocenters. The number of amides is 1. The van der Waals surface area contributed by atoms with Gasteiger partial charge in [0, 0.05) is 30.5 Å². The molecule has 5 heteroatoms. The first-order valence-electron chi connectivity index (χ1n) is 12.3. The van der Waals surface area contributed by atoms with Crippen molar-refractivity contribution >= 4 is 5.91 Å². The summed E-state index contributed by atoms with van der Waals surface area (Å²) in [6.07, 6.45) is 5.28. The third-order valence-corrected chi connectivity index (χ3v) is 7.67. The van der Waals surface area contributed by atoms with E-state index in [9.17, 15) is 9.90 Å². The largest absolute Gasteiger partial charge is 0.393 e. The molecule has 0 spiro atoms. The van der Waals surface area contributed by atoms with Crippen LogP contribution in [0.3, 0.4) is 0 Å². The Morgan fingerprint density at radius 3 is 2.41 bits per heavy atom. The Hall–Kier alpha value is -3.02. The number of hydrogen-bond acceptors (Lipinski definition) is 4. The number of pyridine rings is 1. The van der Waals surface area contributed by atoms with Crippen LogP contribution in [0.1, 0.15) is 59.8 Å². The molecule has 1 amide bonds. The third-order valence-electron chi connectivity index (χ3n) is 7.67. The predicted octanol–water partition coefficient (Wildman–Crippen LogP) is 4.83. The molecule has 1 saturated carbocycles. The number of nitrogens with zero attached hydrogens (tertiary/aromatic N) is 1. The highest BCUT2D eigenvalue weighted by atomic mass is 16.5. The third kappa shape index (κ3) is 4.77. The molecule has 1 aromatic heterocycles. The molecule has 34 heavy (non-hydrogen) atoms. The monoisotopic (exact) mass is 456 g/mol. The van der Waals surface area contributed by atoms with Gasteiger partial charge in [0.25, 0.3) is 5.91 Å². The van der Waals surface area contributed by atoms with Crippen molar-refractivity contribution in [3.8, 4) is 0 Å². The Bertz CT molecular complexity index is 1080. The van der Waals surface area contributed by atoms with Crippen molar-refractivity contribution in [1.29, 1.82) is 0 Å². The summed E-state index contributed by atoms with van der Waals surface area (Å²) >= 11 is 0. The summed E-state index contributed by atoms with van der Waals surface area (Å²) in [5, 5.41) is 14.3. The first-order chi connectivity index (χ1) is 16.6. The molecule has 2 heterocycles. The zero-order valence-electron chi connectivity index (χ0n) is 19.3. The molecule has 1 saturated heterocycles. The van der Waals surface area contributed by atoms with E-state index in [1.165, 1.54) is 5.56 Å². The fourth-order valence-corrected chi connectivity index (χ4v) is 5.73. The van der Waals surface area contributed by atoms with Crippen LogP contribution in [0.15, 0.2) is 85.1 Å². The molecule has 2 N–H and O–H groups in total. The van der Waals surface area contributed by atoms with E-state index in [4.69, 9.17) is 4.74 Å². The molecular formula is C29H32N2O3. The van der Waals surface area contributed by atoms with Crippen LogP contribution in [-0.4, -0.2) is 34.8 Å². The number of carbonyl (C=O) groups excluding carboxylic acids is 1. The molecule has 1 aliphatic carbocycles. The highest BCUT2D eigenvalue weighted by Crippen LogP contribution is 2.46. The number of aliphatic hydroxyl groups excluding tert-OH is 1. The smallest absolute Gasteiger partial charge is 0.269 e. The summed E-state index contributed by atoms with van der Waals surface area (Å²) in [5.41, 5.74) is 2.57. The van der Waals surface area contributed by atoms with Gasteiger partial charge in [0.05, 0.1) is 18.3 Å². The SMILES string of the molecule is O=C(NC[C@]1(c2ccccc2)CC[C@H]2[C@H](CC1)O[C@H](c1ccccc1)C[C@@H]2O)c1ccccn1. The van der Waals surface area contributed by atoms with Gasteiger partial charge >= 0.3 is 0 Å². The van der Waals surface area contributed by atoms with Crippen LogP contribution >= 0.6 is 0 Å². The number of carbonyl (C=O) groups is 1. The molecule has 5 rings (SSSR count). The topological polar surface area (TPSA) is 71.5 Å². The van der Waals surface area contributed by atoms with Gasteiger partial charge in [0.15, 0.2) is 0 Å². The zero-order valence-corrected chi connectivity index (χ0v) is 19.3. The van der Waals surface area contributed by atoms with Gasteiger partial charge in [-0.05, 0) is 48.9 Å². The molecule has 176 valence electrons. The second kappa shape index (κ2) is 10.1. The number of aromatic nitrogens is 1. The van der Waals surface area contributed by atoms with Crippen LogP contribution in [0.25, 0.3) is 0 Å². The van der Waals surface area contributed by atoms with E-state index < -0.39 is 6.10 Å². The molecule has 3 aromatic rings. The molecular weight excluding hydrogens is 424 g/mol. The Kier molecular flexibility index (Phi) is 6.75. The number of ether oxygens (including phenoxy) is 1. The Balaban J connectivity index is 1.37. The standard InChI is InChI=1S/C29H32N2O3/c32-25-19-27(21-9-3-1-4-10-21)34-26-15-17-29(16-14-23(25)26,22-11-5-2-6-12-22)20-31-28(33)24-13-7-8-18-30-24/h1-13,18,23,25-27,32H,14-17,19-20H2,(H,31,33)/t23-,25+,26+,27+,29+/m1/s1. The van der Waals surface area contributed by atoms with Crippen LogP contribution < -0.4 is 5.32 Å². The highest BCUT2D eigenvalue weighted by molar-refractivity contribution is 5.92. The van der Waals surface area contributed by atoms with Gasteiger partial charge in [-0.25, -0.2) is 0 Å². The Morgan fingerprint density at radius 1 is 0.971 bits per heavy atom. The van der Waals surface area contributed by atoms with Crippen molar-refractivity contribution in [3.63, 3.8) is 0 Å². The maximum absolute atomic E-state index is 12.8. The minimum absolute atomic E-state index is 0.00559. The summed E-state index contributed by atoms with van der Waals surface area (Å²) in [6, 6.07) is 26.0. The number of benzene rings is 2. The second-order valence-corrected chi connectivity index (χ2v) is 9.66. The van der Waals surface area contributed by atoms with Gasteiger partial charge < -0.3 is 15.2 Å². The van der Waals surface area contributed by atoms with E-state index in [1.54, 1.807) is 12.3 Å². The maximum atomic E-state index is 12.8. The van der Waals surface area contributed by atoms with Gasteiger partial charge in [-0.15, -0.1) is 0 Å². The summed E-state index contributed by atoms with van der Waals surface area (Å²) in [4.78, 5) is 17.0. The normalized spacial score (nSPS) is 29.0. The summed E-state index contributed by atoms with van der Waals surface area (Å²) < 4.78 is 6.59. The van der Waals surface area contributed by atoms with Gasteiger partial charge in [0.1, 0.15) is 5.69 Å². The first kappa shape index (κ1) is 22.8. The average Bonchev–Trinajstić information content (AvgIpc) is 3.10. The van der Waals surface area contributed by atoms with Crippen molar-refractivity contribution in [1.82, 2.24) is 10.3 Å². The number of aliphatic hydroxyl groups is 1. The lowest BCUT2D eigenvalue weighted by Crippen LogP contribution is -2.41. The van der Waals surface area contributed by atoms with Crippen LogP contribution in [0, 0.1) is 5.92 Å². The lowest BCUT2D eigenvalue weighted by molar-refractivity contribution is -0.139. The molecule has 2 fully saturated rings. The summed E-state index contributed by atoms with van der Waals surface area (Å²) in [7, 11) is 0. The minimum atomic E-state index is -0.390. The van der Waals surface area contributed by atoms with E-state index in [2.05, 4.69) is 46.7 Å². The molecule has 1 aliphatic heterocycles. The quantitative estimate of drug-likeness (QED) is 0.577. The Labute approximate surface area is 201 Å². The van der Waals surface area contributed by atoms with Gasteiger partial charge in [-0.2, -0.15) is 0 Å². The molecule has 0 unspecified atom stereocenters. The number of fused-ring (bicyclic) bond motifs is 1. The predicted molar refractivity (Wildman–Crippen MR) is 131 cm³/mol. The molecule has 0 bridgehead atoms. The van der Waals surface area contributed by atoms with Crippen LogP contribution in [-0.2, 0) is 10.2 Å². The lowest BCUT2D eigenvalue weighted by Gasteiger charge is -2.39. The summed E-state index contributed by atoms with van der Waals surface area (Å²) in [5.74, 6) is -0.0463. The molecule has 2 aliphatic rings. The van der Waals surface area contributed by atoms with Crippen LogP contribution in [0.2, 0.25) is 0 Å². The van der Waals surface area contributed by atoms with Crippen LogP contribution in [0.5, 0.6) is 0 Å². The Morgan fingerprint density at radius 2 is 1.68 bits per heavy atom. The first-order valence-corrected chi connectivity index (χ1v) is 12.3. The fraction of sp³-hybridized carbons (Fsp3) is 0.379. The van der Waals surface area contributed by atoms with E-state index in [-0.39, 0.29) is 29.4 Å². The number of rotatable bonds is 5. The fourth-order valence-electron chi connectivity index (χ4n) is 5.73. The van der Waals surface area contributed by atoms with E-state index in [0.29, 0.717) is 18.7 Å². The lowest BCUT2D eigenvalue weighted by atomic mass is 9.73. The van der Waals surface area contributed by atoms with Crippen molar-refractivity contribution in [2.75, 3.05) is 6.54 Å². The molecule has 0 radical (unpaired) electrons. The average molecular weight is 457 g/mol. The zero-order chi connectivity index (χ0) is 23.4. The van der Waals surface area contributed by atoms with Crippen molar-refractivity contribution in [2.45, 2.75) is 55.8 Å². The number of hydrogen-bond donors (Lipinski definition) is 2. The maximum Gasteiger partial charge on any atom is 0.269 e. The van der Waals surface area contributed by atoms with Gasteiger partial charge in [0.2, 0.25) is 0 Å². The summed E-state index contributed by atoms with van der Waals surface area (Å²) in [6.45, 7) is 0.532. The number of nitrogens with one attached hydrogen (secondary N) is 1. The van der Waals surface area contributed by atoms with Crippen molar-refractivity contribution < 1.29 is 14.6 Å². The van der Waals surface area contributed by atoms with Crippen molar-refractivity contribution in [3.05, 3.63) is 102 Å². The molecule has 5 nitrogen and oxygen atoms in total. The van der Waals surface area contributed by atoms with Gasteiger partial charge in [-0.1, -0.05) is 66.7 Å². The minimum Gasteiger partial charge on any atom is -0.393 e. The van der Waals surface area contributed by atoms with E-state index in [1.807, 2.05) is 36.4 Å². The van der Waals surface area contributed by atoms with E-state index >= 15 is 0 Å². The van der Waals surface area contributed by atoms with Gasteiger partial charge in [-0.3, -0.25) is 9.78 Å². The molecule has 2 aromatic carbocycles. The van der Waals surface area contributed by atoms with Crippen LogP contribution in [0.4, 0.5) is 0 Å².